The van der Waals surface area contributed by atoms with E-state index in [1.165, 1.54) is 0 Å². The Labute approximate surface area is 200 Å². The number of guanidine groups is 1. The first kappa shape index (κ1) is 26.2. The molecule has 0 aliphatic rings. The topological polar surface area (TPSA) is 80.0 Å². The first-order valence-corrected chi connectivity index (χ1v) is 11.9. The van der Waals surface area contributed by atoms with Crippen LogP contribution in [0.4, 0.5) is 0 Å². The summed E-state index contributed by atoms with van der Waals surface area (Å²) in [6, 6.07) is 0. The van der Waals surface area contributed by atoms with Crippen molar-refractivity contribution < 1.29 is 0 Å². The second-order valence-corrected chi connectivity index (χ2v) is 9.10. The van der Waals surface area contributed by atoms with E-state index in [1.807, 2.05) is 0 Å². The van der Waals surface area contributed by atoms with Gasteiger partial charge in [-0.1, -0.05) is 39.5 Å². The number of halogens is 1. The Balaban J connectivity index is 0.00000420. The lowest BCUT2D eigenvalue weighted by Gasteiger charge is -2.13. The third kappa shape index (κ3) is 8.41. The highest BCUT2D eigenvalue weighted by Gasteiger charge is 2.12. The summed E-state index contributed by atoms with van der Waals surface area (Å²) in [5.74, 6) is 2.90. The van der Waals surface area contributed by atoms with Crippen LogP contribution in [0, 0.1) is 5.92 Å². The van der Waals surface area contributed by atoms with E-state index in [0.717, 1.165) is 53.6 Å². The van der Waals surface area contributed by atoms with E-state index in [0.29, 0.717) is 18.4 Å². The zero-order valence-corrected chi connectivity index (χ0v) is 22.2. The van der Waals surface area contributed by atoms with Gasteiger partial charge in [0.25, 0.3) is 0 Å². The maximum atomic E-state index is 4.65. The first-order chi connectivity index (χ1) is 13.4. The molecule has 0 saturated heterocycles. The molecule has 164 valence electrons. The molecule has 2 aromatic heterocycles. The first-order valence-electron chi connectivity index (χ1n) is 9.79. The predicted octanol–water partition coefficient (Wildman–Crippen LogP) is 4.15. The van der Waals surface area contributed by atoms with E-state index >= 15 is 0 Å². The van der Waals surface area contributed by atoms with Crippen LogP contribution in [0.25, 0.3) is 0 Å². The molecule has 0 fully saturated rings. The van der Waals surface area contributed by atoms with Gasteiger partial charge in [-0.2, -0.15) is 0 Å². The van der Waals surface area contributed by atoms with Crippen molar-refractivity contribution in [3.8, 4) is 0 Å². The predicted molar refractivity (Wildman–Crippen MR) is 135 cm³/mol. The van der Waals surface area contributed by atoms with Crippen LogP contribution in [0.2, 0.25) is 0 Å². The highest BCUT2D eigenvalue weighted by molar-refractivity contribution is 14.0. The van der Waals surface area contributed by atoms with E-state index in [-0.39, 0.29) is 24.0 Å². The Morgan fingerprint density at radius 3 is 2.59 bits per heavy atom. The lowest BCUT2D eigenvalue weighted by molar-refractivity contribution is 0.477. The number of thiazole rings is 1. The minimum atomic E-state index is 0. The van der Waals surface area contributed by atoms with Gasteiger partial charge in [-0.05, 0) is 24.5 Å². The van der Waals surface area contributed by atoms with Crippen LogP contribution in [0.5, 0.6) is 0 Å². The molecule has 0 aromatic carbocycles. The van der Waals surface area contributed by atoms with Crippen LogP contribution in [-0.4, -0.2) is 45.6 Å². The minimum Gasteiger partial charge on any atom is -0.356 e. The van der Waals surface area contributed by atoms with E-state index < -0.39 is 0 Å². The van der Waals surface area contributed by atoms with Gasteiger partial charge in [0, 0.05) is 31.9 Å². The van der Waals surface area contributed by atoms with E-state index in [2.05, 4.69) is 74.7 Å². The van der Waals surface area contributed by atoms with Crippen molar-refractivity contribution in [2.45, 2.75) is 64.7 Å². The maximum absolute atomic E-state index is 4.65. The van der Waals surface area contributed by atoms with E-state index in [1.54, 1.807) is 30.1 Å². The molecule has 29 heavy (non-hydrogen) atoms. The number of rotatable bonds is 10. The van der Waals surface area contributed by atoms with Gasteiger partial charge >= 0.3 is 0 Å². The summed E-state index contributed by atoms with van der Waals surface area (Å²) in [7, 11) is 1.79. The van der Waals surface area contributed by atoms with Crippen LogP contribution in [0.15, 0.2) is 15.5 Å². The Kier molecular flexibility index (Phi) is 12.1. The summed E-state index contributed by atoms with van der Waals surface area (Å²) >= 11 is 3.34. The molecule has 0 spiro atoms. The molecular weight excluding hydrogens is 517 g/mol. The summed E-state index contributed by atoms with van der Waals surface area (Å²) < 4.78 is 2.25. The number of hydrogen-bond acceptors (Lipinski definition) is 6. The molecule has 0 atom stereocenters. The normalized spacial score (nSPS) is 11.8. The smallest absolute Gasteiger partial charge is 0.191 e. The van der Waals surface area contributed by atoms with Crippen LogP contribution in [0.1, 0.15) is 56.6 Å². The lowest BCUT2D eigenvalue weighted by atomic mass is 10.2. The standard InChI is InChI=1S/C19H33N7S2.HI/c1-13(2)11-26-16(24-25-19(26)27-6)8-7-9-21-18(20-5)22-10-17-23-15(12-28-17)14(3)4;/h12-14H,7-11H2,1-6H3,(H2,20,21,22);1H. The number of thioether (sulfide) groups is 1. The molecular formula is C19H34IN7S2. The molecule has 0 unspecified atom stereocenters. The van der Waals surface area contributed by atoms with Gasteiger partial charge < -0.3 is 15.2 Å². The zero-order valence-electron chi connectivity index (χ0n) is 18.2. The summed E-state index contributed by atoms with van der Waals surface area (Å²) in [6.45, 7) is 11.2. The third-order valence-corrected chi connectivity index (χ3v) is 5.72. The second kappa shape index (κ2) is 13.4. The molecule has 10 heteroatoms. The highest BCUT2D eigenvalue weighted by Crippen LogP contribution is 2.18. The number of nitrogens with one attached hydrogen (secondary N) is 2. The summed E-state index contributed by atoms with van der Waals surface area (Å²) in [6.07, 6.45) is 3.92. The van der Waals surface area contributed by atoms with Crippen LogP contribution >= 0.6 is 47.1 Å². The zero-order chi connectivity index (χ0) is 20.5. The fourth-order valence-corrected chi connectivity index (χ4v) is 4.13. The Bertz CT molecular complexity index is 756. The molecule has 0 radical (unpaired) electrons. The molecule has 2 N–H and O–H groups in total. The molecule has 2 aromatic rings. The van der Waals surface area contributed by atoms with Gasteiger partial charge in [-0.3, -0.25) is 4.99 Å². The van der Waals surface area contributed by atoms with Crippen molar-refractivity contribution in [1.29, 1.82) is 0 Å². The average molecular weight is 552 g/mol. The van der Waals surface area contributed by atoms with Gasteiger partial charge in [0.1, 0.15) is 10.8 Å². The van der Waals surface area contributed by atoms with Crippen molar-refractivity contribution in [3.05, 3.63) is 21.9 Å². The molecule has 2 heterocycles. The van der Waals surface area contributed by atoms with Gasteiger partial charge in [0.2, 0.25) is 0 Å². The van der Waals surface area contributed by atoms with Crippen molar-refractivity contribution in [2.24, 2.45) is 10.9 Å². The van der Waals surface area contributed by atoms with Gasteiger partial charge in [0.05, 0.1) is 12.2 Å². The maximum Gasteiger partial charge on any atom is 0.191 e. The average Bonchev–Trinajstić information content (AvgIpc) is 3.28. The molecule has 0 amide bonds. The largest absolute Gasteiger partial charge is 0.356 e. The number of nitrogens with zero attached hydrogens (tertiary/aromatic N) is 5. The van der Waals surface area contributed by atoms with Crippen molar-refractivity contribution in [1.82, 2.24) is 30.4 Å². The van der Waals surface area contributed by atoms with Gasteiger partial charge in [-0.25, -0.2) is 4.98 Å². The number of aromatic nitrogens is 4. The van der Waals surface area contributed by atoms with Crippen LogP contribution < -0.4 is 10.6 Å². The monoisotopic (exact) mass is 551 g/mol. The van der Waals surface area contributed by atoms with Gasteiger partial charge in [-0.15, -0.1) is 45.5 Å². The van der Waals surface area contributed by atoms with Crippen molar-refractivity contribution in [2.75, 3.05) is 19.8 Å². The van der Waals surface area contributed by atoms with Crippen molar-refractivity contribution >= 4 is 53.0 Å². The summed E-state index contributed by atoms with van der Waals surface area (Å²) in [5.41, 5.74) is 1.15. The van der Waals surface area contributed by atoms with E-state index in [9.17, 15) is 0 Å². The number of aliphatic imine (C=N–C) groups is 1. The Morgan fingerprint density at radius 1 is 1.24 bits per heavy atom. The van der Waals surface area contributed by atoms with E-state index in [4.69, 9.17) is 0 Å². The molecule has 0 saturated carbocycles. The fraction of sp³-hybridized carbons (Fsp3) is 0.684. The fourth-order valence-electron chi connectivity index (χ4n) is 2.71. The van der Waals surface area contributed by atoms with Crippen LogP contribution in [-0.2, 0) is 19.5 Å². The Morgan fingerprint density at radius 2 is 2.00 bits per heavy atom. The lowest BCUT2D eigenvalue weighted by Crippen LogP contribution is -2.37. The Hall–Kier alpha value is -0.880. The molecule has 0 aliphatic heterocycles. The quantitative estimate of drug-likeness (QED) is 0.152. The third-order valence-electron chi connectivity index (χ3n) is 4.19. The highest BCUT2D eigenvalue weighted by atomic mass is 127. The number of aryl methyl sites for hydroxylation is 1. The molecule has 2 rings (SSSR count). The second-order valence-electron chi connectivity index (χ2n) is 7.38. The molecule has 0 aliphatic carbocycles. The summed E-state index contributed by atoms with van der Waals surface area (Å²) in [5, 5.41) is 19.6. The number of hydrogen-bond donors (Lipinski definition) is 2. The minimum absolute atomic E-state index is 0. The molecule has 0 bridgehead atoms. The van der Waals surface area contributed by atoms with Crippen LogP contribution in [0.3, 0.4) is 0 Å². The SMILES string of the molecule is CN=C(NCCCc1nnc(SC)n1CC(C)C)NCc1nc(C(C)C)cs1.I. The van der Waals surface area contributed by atoms with Gasteiger partial charge in [0.15, 0.2) is 11.1 Å². The molecule has 7 nitrogen and oxygen atoms in total. The van der Waals surface area contributed by atoms with Crippen molar-refractivity contribution in [3.63, 3.8) is 0 Å². The summed E-state index contributed by atoms with van der Waals surface area (Å²) in [4.78, 5) is 8.95.